The van der Waals surface area contributed by atoms with E-state index in [1.54, 1.807) is 7.11 Å². The van der Waals surface area contributed by atoms with Crippen molar-refractivity contribution in [2.75, 3.05) is 25.6 Å². The number of nitrogens with zero attached hydrogens (tertiary/aromatic N) is 1. The lowest BCUT2D eigenvalue weighted by molar-refractivity contribution is -0.0250. The Hall–Kier alpha value is -1.80. The number of benzene rings is 2. The number of guanidine groups is 1. The summed E-state index contributed by atoms with van der Waals surface area (Å²) in [7, 11) is 1.65. The molecule has 1 aliphatic heterocycles. The summed E-state index contributed by atoms with van der Waals surface area (Å²) in [5, 5.41) is 3.13. The van der Waals surface area contributed by atoms with Gasteiger partial charge in [0.15, 0.2) is 5.96 Å². The average Bonchev–Trinajstić information content (AvgIpc) is 2.68. The predicted octanol–water partition coefficient (Wildman–Crippen LogP) is 4.52. The van der Waals surface area contributed by atoms with E-state index in [2.05, 4.69) is 41.5 Å². The van der Waals surface area contributed by atoms with Gasteiger partial charge in [-0.1, -0.05) is 29.8 Å². The normalized spacial score (nSPS) is 19.9. The quantitative estimate of drug-likeness (QED) is 0.375. The highest BCUT2D eigenvalue weighted by molar-refractivity contribution is 14.0. The molecule has 2 unspecified atom stereocenters. The Morgan fingerprint density at radius 1 is 1.19 bits per heavy atom. The second-order valence-electron chi connectivity index (χ2n) is 6.68. The summed E-state index contributed by atoms with van der Waals surface area (Å²) in [5.74, 6) is 1.57. The highest BCUT2D eigenvalue weighted by atomic mass is 127. The van der Waals surface area contributed by atoms with Gasteiger partial charge in [0.1, 0.15) is 5.75 Å². The van der Waals surface area contributed by atoms with E-state index in [9.17, 15) is 0 Å². The van der Waals surface area contributed by atoms with Crippen LogP contribution >= 0.6 is 24.0 Å². The summed E-state index contributed by atoms with van der Waals surface area (Å²) in [6.45, 7) is 3.55. The minimum Gasteiger partial charge on any atom is -0.497 e. The number of rotatable bonds is 5. The maximum atomic E-state index is 6.06. The van der Waals surface area contributed by atoms with Crippen LogP contribution in [0.4, 0.5) is 5.69 Å². The Morgan fingerprint density at radius 2 is 1.89 bits per heavy atom. The Kier molecular flexibility index (Phi) is 8.37. The number of aliphatic imine (C=N–C) groups is 1. The number of methoxy groups -OCH3 is 1. The van der Waals surface area contributed by atoms with E-state index in [0.29, 0.717) is 18.4 Å². The van der Waals surface area contributed by atoms with Gasteiger partial charge in [0.2, 0.25) is 0 Å². The second kappa shape index (κ2) is 10.5. The van der Waals surface area contributed by atoms with Gasteiger partial charge < -0.3 is 20.5 Å². The van der Waals surface area contributed by atoms with E-state index in [4.69, 9.17) is 15.2 Å². The third-order valence-corrected chi connectivity index (χ3v) is 4.71. The molecule has 0 amide bonds. The third kappa shape index (κ3) is 6.10. The van der Waals surface area contributed by atoms with Crippen molar-refractivity contribution in [1.29, 1.82) is 0 Å². The summed E-state index contributed by atoms with van der Waals surface area (Å²) < 4.78 is 11.2. The molecular formula is C21H28IN3O2. The molecule has 0 bridgehead atoms. The zero-order chi connectivity index (χ0) is 18.4. The van der Waals surface area contributed by atoms with Crippen LogP contribution < -0.4 is 15.8 Å². The van der Waals surface area contributed by atoms with Crippen molar-refractivity contribution in [1.82, 2.24) is 0 Å². The van der Waals surface area contributed by atoms with Gasteiger partial charge in [-0.25, -0.2) is 0 Å². The van der Waals surface area contributed by atoms with E-state index in [1.165, 1.54) is 11.1 Å². The van der Waals surface area contributed by atoms with Crippen LogP contribution in [0.5, 0.6) is 5.75 Å². The first-order valence-corrected chi connectivity index (χ1v) is 9.05. The molecule has 2 aromatic rings. The van der Waals surface area contributed by atoms with Gasteiger partial charge in [0, 0.05) is 24.8 Å². The highest BCUT2D eigenvalue weighted by Gasteiger charge is 2.27. The summed E-state index contributed by atoms with van der Waals surface area (Å²) in [4.78, 5) is 4.55. The Labute approximate surface area is 178 Å². The van der Waals surface area contributed by atoms with Gasteiger partial charge in [-0.15, -0.1) is 24.0 Å². The molecule has 1 saturated heterocycles. The molecular weight excluding hydrogens is 453 g/mol. The molecule has 0 spiro atoms. The predicted molar refractivity (Wildman–Crippen MR) is 121 cm³/mol. The molecule has 3 N–H and O–H groups in total. The minimum atomic E-state index is 0. The molecule has 27 heavy (non-hydrogen) atoms. The van der Waals surface area contributed by atoms with Crippen molar-refractivity contribution >= 4 is 35.6 Å². The summed E-state index contributed by atoms with van der Waals surface area (Å²) in [6, 6.07) is 16.2. The van der Waals surface area contributed by atoms with Crippen LogP contribution in [0.2, 0.25) is 0 Å². The Morgan fingerprint density at radius 3 is 2.56 bits per heavy atom. The second-order valence-corrected chi connectivity index (χ2v) is 6.68. The summed E-state index contributed by atoms with van der Waals surface area (Å²) >= 11 is 0. The smallest absolute Gasteiger partial charge is 0.193 e. The van der Waals surface area contributed by atoms with Gasteiger partial charge >= 0.3 is 0 Å². The number of nitrogens with two attached hydrogens (primary N) is 1. The lowest BCUT2D eigenvalue weighted by Crippen LogP contribution is -2.28. The van der Waals surface area contributed by atoms with Crippen LogP contribution in [0, 0.1) is 12.8 Å². The first-order valence-electron chi connectivity index (χ1n) is 9.05. The largest absolute Gasteiger partial charge is 0.497 e. The fourth-order valence-corrected chi connectivity index (χ4v) is 3.23. The van der Waals surface area contributed by atoms with Crippen molar-refractivity contribution < 1.29 is 9.47 Å². The molecule has 3 rings (SSSR count). The van der Waals surface area contributed by atoms with E-state index >= 15 is 0 Å². The molecule has 1 fully saturated rings. The number of anilines is 1. The van der Waals surface area contributed by atoms with Crippen molar-refractivity contribution in [3.05, 3.63) is 59.7 Å². The lowest BCUT2D eigenvalue weighted by Gasteiger charge is -2.31. The molecule has 1 heterocycles. The topological polar surface area (TPSA) is 68.9 Å². The molecule has 0 aliphatic carbocycles. The van der Waals surface area contributed by atoms with Crippen LogP contribution in [0.3, 0.4) is 0 Å². The van der Waals surface area contributed by atoms with Gasteiger partial charge in [-0.2, -0.15) is 0 Å². The molecule has 5 nitrogen and oxygen atoms in total. The standard InChI is InChI=1S/C21H27N3O2.HI/c1-15-5-7-16(8-6-15)20-17(4-3-13-26-20)14-23-21(22)24-18-9-11-19(25-2)12-10-18;/h5-12,17,20H,3-4,13-14H2,1-2H3,(H3,22,23,24);1H. The first-order chi connectivity index (χ1) is 12.7. The van der Waals surface area contributed by atoms with E-state index in [0.717, 1.165) is 30.9 Å². The van der Waals surface area contributed by atoms with Crippen molar-refractivity contribution in [3.63, 3.8) is 0 Å². The van der Waals surface area contributed by atoms with Gasteiger partial charge in [-0.3, -0.25) is 4.99 Å². The van der Waals surface area contributed by atoms with Crippen LogP contribution in [-0.2, 0) is 4.74 Å². The summed E-state index contributed by atoms with van der Waals surface area (Å²) in [5.41, 5.74) is 9.43. The number of aryl methyl sites for hydroxylation is 1. The molecule has 0 saturated carbocycles. The van der Waals surface area contributed by atoms with Gasteiger partial charge in [0.05, 0.1) is 13.2 Å². The zero-order valence-electron chi connectivity index (χ0n) is 15.9. The van der Waals surface area contributed by atoms with Crippen LogP contribution in [0.15, 0.2) is 53.5 Å². The summed E-state index contributed by atoms with van der Waals surface area (Å²) in [6.07, 6.45) is 2.24. The minimum absolute atomic E-state index is 0. The maximum Gasteiger partial charge on any atom is 0.193 e. The van der Waals surface area contributed by atoms with E-state index in [1.807, 2.05) is 24.3 Å². The molecule has 0 aromatic heterocycles. The van der Waals surface area contributed by atoms with Crippen LogP contribution in [0.1, 0.15) is 30.1 Å². The van der Waals surface area contributed by atoms with Crippen molar-refractivity contribution in [3.8, 4) is 5.75 Å². The van der Waals surface area contributed by atoms with Gasteiger partial charge in [0.25, 0.3) is 0 Å². The number of halogens is 1. The van der Waals surface area contributed by atoms with Crippen LogP contribution in [-0.4, -0.2) is 26.2 Å². The number of hydrogen-bond acceptors (Lipinski definition) is 3. The maximum absolute atomic E-state index is 6.06. The number of nitrogens with one attached hydrogen (secondary N) is 1. The molecule has 0 radical (unpaired) electrons. The molecule has 1 aliphatic rings. The van der Waals surface area contributed by atoms with Crippen molar-refractivity contribution in [2.24, 2.45) is 16.6 Å². The Bertz CT molecular complexity index is 732. The first kappa shape index (κ1) is 21.5. The Balaban J connectivity index is 0.00000261. The van der Waals surface area contributed by atoms with Crippen LogP contribution in [0.25, 0.3) is 0 Å². The molecule has 6 heteroatoms. The fraction of sp³-hybridized carbons (Fsp3) is 0.381. The zero-order valence-corrected chi connectivity index (χ0v) is 18.2. The SMILES string of the molecule is COc1ccc(NC(N)=NCC2CCCOC2c2ccc(C)cc2)cc1.I. The molecule has 2 aromatic carbocycles. The highest BCUT2D eigenvalue weighted by Crippen LogP contribution is 2.34. The molecule has 146 valence electrons. The third-order valence-electron chi connectivity index (χ3n) is 4.71. The number of ether oxygens (including phenoxy) is 2. The molecule has 2 atom stereocenters. The van der Waals surface area contributed by atoms with Crippen molar-refractivity contribution in [2.45, 2.75) is 25.9 Å². The van der Waals surface area contributed by atoms with E-state index < -0.39 is 0 Å². The lowest BCUT2D eigenvalue weighted by atomic mass is 9.89. The van der Waals surface area contributed by atoms with E-state index in [-0.39, 0.29) is 30.1 Å². The monoisotopic (exact) mass is 481 g/mol. The average molecular weight is 481 g/mol. The fourth-order valence-electron chi connectivity index (χ4n) is 3.23. The van der Waals surface area contributed by atoms with Gasteiger partial charge in [-0.05, 0) is 49.6 Å². The number of hydrogen-bond donors (Lipinski definition) is 2.